The lowest BCUT2D eigenvalue weighted by Gasteiger charge is -2.25. The number of nitrogens with one attached hydrogen (secondary N) is 1. The number of rotatable bonds is 7. The molecule has 33 heavy (non-hydrogen) atoms. The van der Waals surface area contributed by atoms with E-state index in [-0.39, 0.29) is 30.2 Å². The van der Waals surface area contributed by atoms with Crippen molar-refractivity contribution in [2.75, 3.05) is 10.6 Å². The topological polar surface area (TPSA) is 101 Å². The first-order valence-corrected chi connectivity index (χ1v) is 10.3. The molecule has 0 saturated carbocycles. The number of aromatic amines is 1. The van der Waals surface area contributed by atoms with E-state index in [0.717, 1.165) is 35.6 Å². The van der Waals surface area contributed by atoms with Crippen molar-refractivity contribution in [3.05, 3.63) is 92.1 Å². The molecule has 0 saturated heterocycles. The fraction of sp³-hybridized carbons (Fsp3) is 0.261. The zero-order valence-electron chi connectivity index (χ0n) is 17.9. The Hall–Kier alpha value is -3.82. The average molecular weight is 460 g/mol. The van der Waals surface area contributed by atoms with E-state index in [1.54, 1.807) is 30.3 Å². The van der Waals surface area contributed by atoms with Gasteiger partial charge in [-0.3, -0.25) is 24.0 Å². The van der Waals surface area contributed by atoms with E-state index in [1.807, 2.05) is 6.92 Å². The third kappa shape index (κ3) is 5.33. The molecule has 0 atom stereocenters. The van der Waals surface area contributed by atoms with Gasteiger partial charge in [0.1, 0.15) is 5.82 Å². The number of carbonyl (C=O) groups is 1. The summed E-state index contributed by atoms with van der Waals surface area (Å²) >= 11 is 0. The fourth-order valence-electron chi connectivity index (χ4n) is 3.35. The number of aromatic nitrogens is 2. The van der Waals surface area contributed by atoms with E-state index in [1.165, 1.54) is 4.57 Å². The molecule has 0 radical (unpaired) electrons. The van der Waals surface area contributed by atoms with Crippen molar-refractivity contribution < 1.29 is 18.0 Å². The Morgan fingerprint density at radius 1 is 1.06 bits per heavy atom. The highest BCUT2D eigenvalue weighted by atomic mass is 19.4. The minimum absolute atomic E-state index is 0.0657. The summed E-state index contributed by atoms with van der Waals surface area (Å²) in [5.74, 6) is -0.918. The van der Waals surface area contributed by atoms with Crippen molar-refractivity contribution >= 4 is 17.4 Å². The Morgan fingerprint density at radius 3 is 2.27 bits per heavy atom. The molecule has 3 N–H and O–H groups in total. The van der Waals surface area contributed by atoms with Gasteiger partial charge in [-0.2, -0.15) is 13.2 Å². The summed E-state index contributed by atoms with van der Waals surface area (Å²) in [5.41, 5.74) is 4.07. The molecule has 1 aromatic heterocycles. The van der Waals surface area contributed by atoms with Gasteiger partial charge < -0.3 is 5.73 Å². The maximum Gasteiger partial charge on any atom is 0.416 e. The van der Waals surface area contributed by atoms with Crippen LogP contribution in [0.1, 0.15) is 41.3 Å². The second-order valence-corrected chi connectivity index (χ2v) is 7.45. The Kier molecular flexibility index (Phi) is 7.05. The second-order valence-electron chi connectivity index (χ2n) is 7.45. The molecule has 0 aliphatic heterocycles. The second kappa shape index (κ2) is 9.76. The number of nitrogens with zero attached hydrogens (tertiary/aromatic N) is 2. The van der Waals surface area contributed by atoms with Crippen LogP contribution in [0.3, 0.4) is 0 Å². The Bertz CT molecular complexity index is 1230. The van der Waals surface area contributed by atoms with E-state index in [9.17, 15) is 27.6 Å². The maximum atomic E-state index is 13.4. The van der Waals surface area contributed by atoms with Gasteiger partial charge in [0.15, 0.2) is 5.69 Å². The van der Waals surface area contributed by atoms with Gasteiger partial charge in [-0.05, 0) is 36.2 Å². The van der Waals surface area contributed by atoms with Crippen molar-refractivity contribution in [2.24, 2.45) is 0 Å². The largest absolute Gasteiger partial charge is 0.416 e. The minimum Gasteiger partial charge on any atom is -0.383 e. The van der Waals surface area contributed by atoms with Crippen LogP contribution in [0.5, 0.6) is 0 Å². The number of benzene rings is 2. The lowest BCUT2D eigenvalue weighted by Crippen LogP contribution is -2.41. The van der Waals surface area contributed by atoms with Gasteiger partial charge in [0.05, 0.1) is 12.1 Å². The number of halogens is 3. The SMILES string of the molecule is CCCCn1c(N)c(N(Cc2ccccc2)C(=O)c2ccc(C(F)(F)F)cc2)c(=O)[nH]c1=O. The van der Waals surface area contributed by atoms with Gasteiger partial charge in [-0.15, -0.1) is 0 Å². The molecule has 0 aliphatic rings. The number of hydrogen-bond acceptors (Lipinski definition) is 4. The summed E-state index contributed by atoms with van der Waals surface area (Å²) in [6.07, 6.45) is -3.18. The van der Waals surface area contributed by atoms with E-state index in [4.69, 9.17) is 5.73 Å². The molecule has 3 aromatic rings. The molecule has 174 valence electrons. The first-order valence-electron chi connectivity index (χ1n) is 10.3. The molecular weight excluding hydrogens is 437 g/mol. The van der Waals surface area contributed by atoms with Gasteiger partial charge in [0.25, 0.3) is 11.5 Å². The average Bonchev–Trinajstić information content (AvgIpc) is 2.78. The standard InChI is InChI=1S/C23H23F3N4O3/c1-2-3-13-29-19(27)18(20(31)28-22(29)33)30(14-15-7-5-4-6-8-15)21(32)16-9-11-17(12-10-16)23(24,25)26/h4-12H,2-3,13-14,27H2,1H3,(H,28,31,33). The highest BCUT2D eigenvalue weighted by Crippen LogP contribution is 2.30. The first kappa shape index (κ1) is 23.8. The summed E-state index contributed by atoms with van der Waals surface area (Å²) in [7, 11) is 0. The molecule has 0 aliphatic carbocycles. The van der Waals surface area contributed by atoms with Crippen LogP contribution in [0.2, 0.25) is 0 Å². The zero-order chi connectivity index (χ0) is 24.2. The number of unbranched alkanes of at least 4 members (excludes halogenated alkanes) is 1. The smallest absolute Gasteiger partial charge is 0.383 e. The van der Waals surface area contributed by atoms with Gasteiger partial charge in [0, 0.05) is 12.1 Å². The normalized spacial score (nSPS) is 11.4. The lowest BCUT2D eigenvalue weighted by atomic mass is 10.1. The number of H-pyrrole nitrogens is 1. The Morgan fingerprint density at radius 2 is 1.70 bits per heavy atom. The highest BCUT2D eigenvalue weighted by molar-refractivity contribution is 6.07. The quantitative estimate of drug-likeness (QED) is 0.560. The molecule has 0 spiro atoms. The fourth-order valence-corrected chi connectivity index (χ4v) is 3.35. The van der Waals surface area contributed by atoms with Crippen molar-refractivity contribution in [3.8, 4) is 0 Å². The number of nitrogens with two attached hydrogens (primary N) is 1. The van der Waals surface area contributed by atoms with Gasteiger partial charge in [0.2, 0.25) is 0 Å². The molecular formula is C23H23F3N4O3. The summed E-state index contributed by atoms with van der Waals surface area (Å²) < 4.78 is 40.0. The predicted octanol–water partition coefficient (Wildman–Crippen LogP) is 3.78. The van der Waals surface area contributed by atoms with Crippen LogP contribution in [-0.2, 0) is 19.3 Å². The molecule has 0 unspecified atom stereocenters. The molecule has 2 aromatic carbocycles. The Labute approximate surface area is 187 Å². The number of hydrogen-bond donors (Lipinski definition) is 2. The zero-order valence-corrected chi connectivity index (χ0v) is 17.9. The van der Waals surface area contributed by atoms with Crippen LogP contribution in [0.4, 0.5) is 24.7 Å². The Balaban J connectivity index is 2.12. The van der Waals surface area contributed by atoms with Crippen molar-refractivity contribution in [1.29, 1.82) is 0 Å². The van der Waals surface area contributed by atoms with Crippen LogP contribution in [-0.4, -0.2) is 15.5 Å². The molecule has 1 heterocycles. The summed E-state index contributed by atoms with van der Waals surface area (Å²) in [4.78, 5) is 41.7. The number of amides is 1. The van der Waals surface area contributed by atoms with Gasteiger partial charge in [-0.25, -0.2) is 4.79 Å². The molecule has 10 heteroatoms. The first-order chi connectivity index (χ1) is 15.6. The summed E-state index contributed by atoms with van der Waals surface area (Å²) in [6, 6.07) is 12.4. The maximum absolute atomic E-state index is 13.4. The van der Waals surface area contributed by atoms with Crippen molar-refractivity contribution in [1.82, 2.24) is 9.55 Å². The third-order valence-electron chi connectivity index (χ3n) is 5.11. The van der Waals surface area contributed by atoms with Crippen LogP contribution in [0.15, 0.2) is 64.2 Å². The van der Waals surface area contributed by atoms with Crippen LogP contribution < -0.4 is 21.9 Å². The van der Waals surface area contributed by atoms with Crippen LogP contribution >= 0.6 is 0 Å². The third-order valence-corrected chi connectivity index (χ3v) is 5.11. The molecule has 3 rings (SSSR count). The number of nitrogen functional groups attached to an aromatic ring is 1. The van der Waals surface area contributed by atoms with Gasteiger partial charge in [-0.1, -0.05) is 43.7 Å². The monoisotopic (exact) mass is 460 g/mol. The molecule has 7 nitrogen and oxygen atoms in total. The van der Waals surface area contributed by atoms with Crippen LogP contribution in [0.25, 0.3) is 0 Å². The van der Waals surface area contributed by atoms with Crippen LogP contribution in [0, 0.1) is 0 Å². The van der Waals surface area contributed by atoms with E-state index in [0.29, 0.717) is 12.0 Å². The minimum atomic E-state index is -4.55. The molecule has 0 bridgehead atoms. The van der Waals surface area contributed by atoms with Crippen molar-refractivity contribution in [2.45, 2.75) is 39.0 Å². The summed E-state index contributed by atoms with van der Waals surface area (Å²) in [5, 5.41) is 0. The number of alkyl halides is 3. The van der Waals surface area contributed by atoms with Crippen molar-refractivity contribution in [3.63, 3.8) is 0 Å². The lowest BCUT2D eigenvalue weighted by molar-refractivity contribution is -0.137. The number of anilines is 2. The summed E-state index contributed by atoms with van der Waals surface area (Å²) in [6.45, 7) is 2.07. The van der Waals surface area contributed by atoms with Gasteiger partial charge >= 0.3 is 11.9 Å². The predicted molar refractivity (Wildman–Crippen MR) is 119 cm³/mol. The highest BCUT2D eigenvalue weighted by Gasteiger charge is 2.31. The molecule has 0 fully saturated rings. The van der Waals surface area contributed by atoms with E-state index in [2.05, 4.69) is 4.98 Å². The molecule has 1 amide bonds. The van der Waals surface area contributed by atoms with E-state index >= 15 is 0 Å². The number of carbonyl (C=O) groups excluding carboxylic acids is 1. The van der Waals surface area contributed by atoms with E-state index < -0.39 is 28.9 Å².